The third-order valence-electron chi connectivity index (χ3n) is 3.43. The molecule has 1 N–H and O–H groups in total. The number of carbonyl (C=O) groups is 2. The van der Waals surface area contributed by atoms with Crippen molar-refractivity contribution in [1.82, 2.24) is 10.2 Å². The van der Waals surface area contributed by atoms with E-state index in [9.17, 15) is 9.59 Å². The Morgan fingerprint density at radius 1 is 1.29 bits per heavy atom. The van der Waals surface area contributed by atoms with Gasteiger partial charge in [0, 0.05) is 6.54 Å². The molecule has 2 rings (SSSR count). The monoisotopic (exact) mass is 238 g/mol. The number of rotatable bonds is 2. The first-order valence-electron chi connectivity index (χ1n) is 6.40. The lowest BCUT2D eigenvalue weighted by atomic mass is 9.93. The fourth-order valence-electron chi connectivity index (χ4n) is 2.32. The third kappa shape index (κ3) is 2.61. The van der Waals surface area contributed by atoms with Gasteiger partial charge in [-0.25, -0.2) is 0 Å². The predicted molar refractivity (Wildman–Crippen MR) is 65.3 cm³/mol. The van der Waals surface area contributed by atoms with Crippen LogP contribution in [0.2, 0.25) is 0 Å². The molecule has 4 nitrogen and oxygen atoms in total. The molecule has 17 heavy (non-hydrogen) atoms. The maximum absolute atomic E-state index is 12.4. The Labute approximate surface area is 103 Å². The second-order valence-corrected chi connectivity index (χ2v) is 6.53. The molecule has 1 heterocycles. The summed E-state index contributed by atoms with van der Waals surface area (Å²) in [6.07, 6.45) is 2.13. The van der Waals surface area contributed by atoms with Gasteiger partial charge in [-0.1, -0.05) is 20.8 Å². The van der Waals surface area contributed by atoms with Gasteiger partial charge in [0.05, 0.1) is 0 Å². The van der Waals surface area contributed by atoms with Crippen LogP contribution in [0.15, 0.2) is 0 Å². The van der Waals surface area contributed by atoms with Gasteiger partial charge in [-0.15, -0.1) is 0 Å². The lowest BCUT2D eigenvalue weighted by Crippen LogP contribution is -2.64. The third-order valence-corrected chi connectivity index (χ3v) is 3.43. The van der Waals surface area contributed by atoms with E-state index >= 15 is 0 Å². The van der Waals surface area contributed by atoms with Crippen LogP contribution >= 0.6 is 0 Å². The Bertz CT molecular complexity index is 342. The van der Waals surface area contributed by atoms with Gasteiger partial charge in [0.2, 0.25) is 11.8 Å². The van der Waals surface area contributed by atoms with Crippen molar-refractivity contribution in [2.45, 2.75) is 52.6 Å². The molecule has 0 aromatic heterocycles. The standard InChI is InChI=1S/C13H22N2O2/c1-8-11(16)14-10(9-5-6-9)12(17)15(8)7-13(2,3)4/h8-10H,5-7H2,1-4H3,(H,14,16). The fraction of sp³-hybridized carbons (Fsp3) is 0.846. The van der Waals surface area contributed by atoms with E-state index in [1.807, 2.05) is 6.92 Å². The molecule has 2 fully saturated rings. The average Bonchev–Trinajstić information content (AvgIpc) is 3.00. The van der Waals surface area contributed by atoms with Crippen molar-refractivity contribution < 1.29 is 9.59 Å². The maximum atomic E-state index is 12.4. The Kier molecular flexibility index (Phi) is 2.92. The molecular formula is C13H22N2O2. The molecule has 0 bridgehead atoms. The Hall–Kier alpha value is -1.06. The van der Waals surface area contributed by atoms with Gasteiger partial charge in [0.25, 0.3) is 0 Å². The van der Waals surface area contributed by atoms with E-state index in [2.05, 4.69) is 26.1 Å². The number of piperazine rings is 1. The number of hydrogen-bond donors (Lipinski definition) is 1. The number of hydrogen-bond acceptors (Lipinski definition) is 2. The molecule has 1 saturated heterocycles. The minimum Gasteiger partial charge on any atom is -0.342 e. The zero-order valence-electron chi connectivity index (χ0n) is 11.1. The van der Waals surface area contributed by atoms with Gasteiger partial charge < -0.3 is 10.2 Å². The second-order valence-electron chi connectivity index (χ2n) is 6.53. The second kappa shape index (κ2) is 4.00. The van der Waals surface area contributed by atoms with Crippen LogP contribution in [-0.4, -0.2) is 35.3 Å². The molecule has 2 atom stereocenters. The molecule has 2 amide bonds. The van der Waals surface area contributed by atoms with Gasteiger partial charge in [-0.05, 0) is 31.1 Å². The Balaban J connectivity index is 2.15. The van der Waals surface area contributed by atoms with Crippen molar-refractivity contribution in [2.75, 3.05) is 6.54 Å². The van der Waals surface area contributed by atoms with Crippen LogP contribution in [0.1, 0.15) is 40.5 Å². The molecule has 0 spiro atoms. The Morgan fingerprint density at radius 2 is 1.88 bits per heavy atom. The highest BCUT2D eigenvalue weighted by molar-refractivity contribution is 5.97. The van der Waals surface area contributed by atoms with Crippen LogP contribution in [-0.2, 0) is 9.59 Å². The minimum atomic E-state index is -0.336. The van der Waals surface area contributed by atoms with E-state index in [1.54, 1.807) is 4.90 Å². The summed E-state index contributed by atoms with van der Waals surface area (Å²) in [4.78, 5) is 26.0. The number of nitrogens with one attached hydrogen (secondary N) is 1. The van der Waals surface area contributed by atoms with Crippen LogP contribution in [0.25, 0.3) is 0 Å². The van der Waals surface area contributed by atoms with Crippen molar-refractivity contribution in [1.29, 1.82) is 0 Å². The summed E-state index contributed by atoms with van der Waals surface area (Å²) in [5.41, 5.74) is 0.0235. The molecule has 0 radical (unpaired) electrons. The molecule has 2 unspecified atom stereocenters. The lowest BCUT2D eigenvalue weighted by molar-refractivity contribution is -0.150. The van der Waals surface area contributed by atoms with Gasteiger partial charge in [0.1, 0.15) is 12.1 Å². The van der Waals surface area contributed by atoms with Gasteiger partial charge in [-0.2, -0.15) is 0 Å². The van der Waals surface area contributed by atoms with E-state index < -0.39 is 0 Å². The van der Waals surface area contributed by atoms with Gasteiger partial charge in [0.15, 0.2) is 0 Å². The first-order valence-corrected chi connectivity index (χ1v) is 6.40. The maximum Gasteiger partial charge on any atom is 0.246 e. The first kappa shape index (κ1) is 12.4. The molecule has 1 aliphatic carbocycles. The van der Waals surface area contributed by atoms with Crippen LogP contribution in [0.3, 0.4) is 0 Å². The van der Waals surface area contributed by atoms with E-state index in [4.69, 9.17) is 0 Å². The largest absolute Gasteiger partial charge is 0.342 e. The quantitative estimate of drug-likeness (QED) is 0.784. The molecule has 2 aliphatic rings. The topological polar surface area (TPSA) is 49.4 Å². The summed E-state index contributed by atoms with van der Waals surface area (Å²) >= 11 is 0. The highest BCUT2D eigenvalue weighted by Crippen LogP contribution is 2.35. The van der Waals surface area contributed by atoms with Crippen molar-refractivity contribution in [3.63, 3.8) is 0 Å². The average molecular weight is 238 g/mol. The summed E-state index contributed by atoms with van der Waals surface area (Å²) in [5, 5.41) is 2.86. The number of amides is 2. The summed E-state index contributed by atoms with van der Waals surface area (Å²) in [6, 6.07) is -0.599. The zero-order chi connectivity index (χ0) is 12.8. The van der Waals surface area contributed by atoms with E-state index in [1.165, 1.54) is 0 Å². The normalized spacial score (nSPS) is 30.5. The Morgan fingerprint density at radius 3 is 2.35 bits per heavy atom. The zero-order valence-corrected chi connectivity index (χ0v) is 11.1. The first-order chi connectivity index (χ1) is 7.79. The molecule has 0 aromatic rings. The van der Waals surface area contributed by atoms with Crippen molar-refractivity contribution >= 4 is 11.8 Å². The van der Waals surface area contributed by atoms with Crippen LogP contribution < -0.4 is 5.32 Å². The molecule has 0 aromatic carbocycles. The van der Waals surface area contributed by atoms with E-state index in [0.29, 0.717) is 12.5 Å². The number of nitrogens with zero attached hydrogens (tertiary/aromatic N) is 1. The van der Waals surface area contributed by atoms with Crippen molar-refractivity contribution in [3.8, 4) is 0 Å². The molecule has 96 valence electrons. The van der Waals surface area contributed by atoms with Crippen LogP contribution in [0.4, 0.5) is 0 Å². The van der Waals surface area contributed by atoms with Gasteiger partial charge >= 0.3 is 0 Å². The smallest absolute Gasteiger partial charge is 0.246 e. The lowest BCUT2D eigenvalue weighted by Gasteiger charge is -2.40. The summed E-state index contributed by atoms with van der Waals surface area (Å²) in [5.74, 6) is 0.474. The highest BCUT2D eigenvalue weighted by atomic mass is 16.2. The predicted octanol–water partition coefficient (Wildman–Crippen LogP) is 1.16. The fourth-order valence-corrected chi connectivity index (χ4v) is 2.32. The summed E-state index contributed by atoms with van der Waals surface area (Å²) in [7, 11) is 0. The number of carbonyl (C=O) groups excluding carboxylic acids is 2. The molecule has 1 saturated carbocycles. The molecule has 4 heteroatoms. The highest BCUT2D eigenvalue weighted by Gasteiger charge is 2.46. The van der Waals surface area contributed by atoms with Crippen molar-refractivity contribution in [2.24, 2.45) is 11.3 Å². The van der Waals surface area contributed by atoms with E-state index in [0.717, 1.165) is 12.8 Å². The van der Waals surface area contributed by atoms with Crippen molar-refractivity contribution in [3.05, 3.63) is 0 Å². The van der Waals surface area contributed by atoms with Crippen LogP contribution in [0.5, 0.6) is 0 Å². The van der Waals surface area contributed by atoms with Crippen LogP contribution in [0, 0.1) is 11.3 Å². The van der Waals surface area contributed by atoms with E-state index in [-0.39, 0.29) is 29.3 Å². The minimum absolute atomic E-state index is 0.00856. The molecule has 1 aliphatic heterocycles. The summed E-state index contributed by atoms with van der Waals surface area (Å²) in [6.45, 7) is 8.72. The van der Waals surface area contributed by atoms with Gasteiger partial charge in [-0.3, -0.25) is 9.59 Å². The molecular weight excluding hydrogens is 216 g/mol. The SMILES string of the molecule is CC1C(=O)NC(C2CC2)C(=O)N1CC(C)(C)C. The summed E-state index contributed by atoms with van der Waals surface area (Å²) < 4.78 is 0.